The van der Waals surface area contributed by atoms with E-state index in [1.54, 1.807) is 12.1 Å². The van der Waals surface area contributed by atoms with Crippen LogP contribution in [-0.4, -0.2) is 37.1 Å². The van der Waals surface area contributed by atoms with Gasteiger partial charge in [0, 0.05) is 23.4 Å². The molecule has 0 aliphatic heterocycles. The molecular formula is C16H17N5O3. The van der Waals surface area contributed by atoms with E-state index in [1.807, 2.05) is 19.9 Å². The molecule has 0 amide bonds. The summed E-state index contributed by atoms with van der Waals surface area (Å²) in [7, 11) is 0. The first kappa shape index (κ1) is 15.9. The van der Waals surface area contributed by atoms with Crippen molar-refractivity contribution in [3.63, 3.8) is 0 Å². The second-order valence-electron chi connectivity index (χ2n) is 6.14. The van der Waals surface area contributed by atoms with E-state index in [0.29, 0.717) is 22.7 Å². The molecule has 124 valence electrons. The first-order chi connectivity index (χ1) is 11.4. The van der Waals surface area contributed by atoms with E-state index in [2.05, 4.69) is 20.3 Å². The normalized spacial score (nSPS) is 11.6. The Balaban J connectivity index is 2.06. The highest BCUT2D eigenvalue weighted by molar-refractivity contribution is 5.91. The SMILES string of the molecule is CC(C)(CO)Nc1ncnc2[nH]c(-c3cccc([N+](=O)[O-])c3)cc12. The van der Waals surface area contributed by atoms with E-state index in [1.165, 1.54) is 18.5 Å². The third-order valence-electron chi connectivity index (χ3n) is 3.65. The molecule has 3 rings (SSSR count). The van der Waals surface area contributed by atoms with Crippen molar-refractivity contribution in [2.24, 2.45) is 0 Å². The minimum Gasteiger partial charge on any atom is -0.394 e. The number of rotatable bonds is 5. The van der Waals surface area contributed by atoms with Crippen LogP contribution in [0.5, 0.6) is 0 Å². The summed E-state index contributed by atoms with van der Waals surface area (Å²) in [4.78, 5) is 22.1. The average Bonchev–Trinajstić information content (AvgIpc) is 3.00. The Bertz CT molecular complexity index is 904. The number of aromatic nitrogens is 3. The van der Waals surface area contributed by atoms with Crippen molar-refractivity contribution in [1.29, 1.82) is 0 Å². The molecule has 0 aliphatic rings. The van der Waals surface area contributed by atoms with Gasteiger partial charge in [-0.3, -0.25) is 10.1 Å². The summed E-state index contributed by atoms with van der Waals surface area (Å²) in [5.41, 5.74) is 1.50. The monoisotopic (exact) mass is 327 g/mol. The molecule has 3 aromatic rings. The maximum atomic E-state index is 10.9. The van der Waals surface area contributed by atoms with Crippen LogP contribution in [0.4, 0.5) is 11.5 Å². The third kappa shape index (κ3) is 3.04. The predicted molar refractivity (Wildman–Crippen MR) is 90.8 cm³/mol. The van der Waals surface area contributed by atoms with Crippen LogP contribution < -0.4 is 5.32 Å². The van der Waals surface area contributed by atoms with Gasteiger partial charge >= 0.3 is 0 Å². The maximum Gasteiger partial charge on any atom is 0.270 e. The highest BCUT2D eigenvalue weighted by atomic mass is 16.6. The molecule has 2 heterocycles. The second-order valence-corrected chi connectivity index (χ2v) is 6.14. The van der Waals surface area contributed by atoms with Crippen LogP contribution in [0.25, 0.3) is 22.3 Å². The molecule has 0 atom stereocenters. The van der Waals surface area contributed by atoms with Gasteiger partial charge in [-0.15, -0.1) is 0 Å². The van der Waals surface area contributed by atoms with E-state index in [-0.39, 0.29) is 12.3 Å². The lowest BCUT2D eigenvalue weighted by molar-refractivity contribution is -0.384. The fourth-order valence-electron chi connectivity index (χ4n) is 2.34. The van der Waals surface area contributed by atoms with Crippen LogP contribution >= 0.6 is 0 Å². The van der Waals surface area contributed by atoms with Crippen molar-refractivity contribution in [2.75, 3.05) is 11.9 Å². The molecule has 0 fully saturated rings. The van der Waals surface area contributed by atoms with Gasteiger partial charge in [0.2, 0.25) is 0 Å². The van der Waals surface area contributed by atoms with Crippen molar-refractivity contribution in [3.05, 3.63) is 46.8 Å². The number of anilines is 1. The van der Waals surface area contributed by atoms with Crippen molar-refractivity contribution in [1.82, 2.24) is 15.0 Å². The lowest BCUT2D eigenvalue weighted by atomic mass is 10.1. The zero-order valence-electron chi connectivity index (χ0n) is 13.3. The summed E-state index contributed by atoms with van der Waals surface area (Å²) in [5.74, 6) is 0.590. The van der Waals surface area contributed by atoms with Gasteiger partial charge in [0.05, 0.1) is 22.5 Å². The van der Waals surface area contributed by atoms with Crippen molar-refractivity contribution in [2.45, 2.75) is 19.4 Å². The number of nitro groups is 1. The molecule has 0 spiro atoms. The van der Waals surface area contributed by atoms with Crippen LogP contribution in [0.3, 0.4) is 0 Å². The molecule has 0 radical (unpaired) electrons. The number of fused-ring (bicyclic) bond motifs is 1. The smallest absolute Gasteiger partial charge is 0.270 e. The number of nitrogens with zero attached hydrogens (tertiary/aromatic N) is 3. The molecular weight excluding hydrogens is 310 g/mol. The zero-order chi connectivity index (χ0) is 17.3. The molecule has 1 aromatic carbocycles. The summed E-state index contributed by atoms with van der Waals surface area (Å²) in [5, 5.41) is 24.3. The van der Waals surface area contributed by atoms with E-state index in [0.717, 1.165) is 5.39 Å². The summed E-state index contributed by atoms with van der Waals surface area (Å²) < 4.78 is 0. The minimum atomic E-state index is -0.537. The fraction of sp³-hybridized carbons (Fsp3) is 0.250. The second kappa shape index (κ2) is 5.89. The molecule has 0 saturated carbocycles. The number of nitrogens with one attached hydrogen (secondary N) is 2. The molecule has 3 N–H and O–H groups in total. The Kier molecular flexibility index (Phi) is 3.90. The first-order valence-electron chi connectivity index (χ1n) is 7.37. The van der Waals surface area contributed by atoms with Gasteiger partial charge in [-0.05, 0) is 19.9 Å². The summed E-state index contributed by atoms with van der Waals surface area (Å²) in [6, 6.07) is 8.21. The van der Waals surface area contributed by atoms with Gasteiger partial charge in [0.15, 0.2) is 0 Å². The van der Waals surface area contributed by atoms with Crippen LogP contribution in [0.1, 0.15) is 13.8 Å². The molecule has 0 saturated heterocycles. The van der Waals surface area contributed by atoms with Crippen LogP contribution in [-0.2, 0) is 0 Å². The van der Waals surface area contributed by atoms with Crippen LogP contribution in [0.15, 0.2) is 36.7 Å². The molecule has 0 unspecified atom stereocenters. The van der Waals surface area contributed by atoms with Gasteiger partial charge in [-0.25, -0.2) is 9.97 Å². The van der Waals surface area contributed by atoms with E-state index < -0.39 is 10.5 Å². The van der Waals surface area contributed by atoms with E-state index in [9.17, 15) is 15.2 Å². The van der Waals surface area contributed by atoms with Gasteiger partial charge in [0.1, 0.15) is 17.8 Å². The zero-order valence-corrected chi connectivity index (χ0v) is 13.3. The van der Waals surface area contributed by atoms with E-state index in [4.69, 9.17) is 0 Å². The lowest BCUT2D eigenvalue weighted by Crippen LogP contribution is -2.35. The summed E-state index contributed by atoms with van der Waals surface area (Å²) >= 11 is 0. The number of aromatic amines is 1. The Morgan fingerprint density at radius 1 is 1.33 bits per heavy atom. The number of nitro benzene ring substituents is 1. The fourth-order valence-corrected chi connectivity index (χ4v) is 2.34. The number of H-pyrrole nitrogens is 1. The van der Waals surface area contributed by atoms with Gasteiger partial charge in [0.25, 0.3) is 5.69 Å². The average molecular weight is 327 g/mol. The topological polar surface area (TPSA) is 117 Å². The number of aliphatic hydroxyl groups excluding tert-OH is 1. The lowest BCUT2D eigenvalue weighted by Gasteiger charge is -2.24. The molecule has 0 bridgehead atoms. The highest BCUT2D eigenvalue weighted by Crippen LogP contribution is 2.29. The summed E-state index contributed by atoms with van der Waals surface area (Å²) in [6.07, 6.45) is 1.42. The molecule has 24 heavy (non-hydrogen) atoms. The van der Waals surface area contributed by atoms with Crippen molar-refractivity contribution in [3.8, 4) is 11.3 Å². The van der Waals surface area contributed by atoms with Gasteiger partial charge in [-0.2, -0.15) is 0 Å². The quantitative estimate of drug-likeness (QED) is 0.490. The Morgan fingerprint density at radius 3 is 2.83 bits per heavy atom. The number of benzene rings is 1. The maximum absolute atomic E-state index is 10.9. The molecule has 0 aliphatic carbocycles. The van der Waals surface area contributed by atoms with Crippen LogP contribution in [0, 0.1) is 10.1 Å². The highest BCUT2D eigenvalue weighted by Gasteiger charge is 2.19. The largest absolute Gasteiger partial charge is 0.394 e. The van der Waals surface area contributed by atoms with Crippen LogP contribution in [0.2, 0.25) is 0 Å². The van der Waals surface area contributed by atoms with E-state index >= 15 is 0 Å². The third-order valence-corrected chi connectivity index (χ3v) is 3.65. The van der Waals surface area contributed by atoms with Gasteiger partial charge < -0.3 is 15.4 Å². The van der Waals surface area contributed by atoms with Crippen molar-refractivity contribution >= 4 is 22.5 Å². The molecule has 8 heteroatoms. The molecule has 2 aromatic heterocycles. The molecule has 8 nitrogen and oxygen atoms in total. The summed E-state index contributed by atoms with van der Waals surface area (Å²) in [6.45, 7) is 3.66. The first-order valence-corrected chi connectivity index (χ1v) is 7.37. The Morgan fingerprint density at radius 2 is 2.12 bits per heavy atom. The number of non-ortho nitro benzene ring substituents is 1. The Labute approximate surface area is 137 Å². The number of hydrogen-bond donors (Lipinski definition) is 3. The van der Waals surface area contributed by atoms with Gasteiger partial charge in [-0.1, -0.05) is 12.1 Å². The number of hydrogen-bond acceptors (Lipinski definition) is 6. The standard InChI is InChI=1S/C16H17N5O3/c1-16(2,8-22)20-15-12-7-13(19-14(12)17-9-18-15)10-4-3-5-11(6-10)21(23)24/h3-7,9,22H,8H2,1-2H3,(H2,17,18,19,20). The minimum absolute atomic E-state index is 0.0250. The number of aliphatic hydroxyl groups is 1. The Hall–Kier alpha value is -3.00. The predicted octanol–water partition coefficient (Wildman–Crippen LogP) is 2.72. The van der Waals surface area contributed by atoms with Crippen molar-refractivity contribution < 1.29 is 10.0 Å².